The molecule has 3 heterocycles. The van der Waals surface area contributed by atoms with E-state index in [2.05, 4.69) is 5.32 Å². The summed E-state index contributed by atoms with van der Waals surface area (Å²) in [6.45, 7) is 1.98. The Bertz CT molecular complexity index is 1760. The SMILES string of the molecule is C[C@H]1[C@@H](CSc2cccc[n+]2[O-])O[C@@H](c2cccc(N3C(=O)CC(NC(=O)OCc4ccccc4)C3=O)c2)O[C@H]1c1ccc(CO)cc1. The van der Waals surface area contributed by atoms with Crippen molar-refractivity contribution in [2.75, 3.05) is 10.7 Å². The monoisotopic (exact) mass is 669 g/mol. The number of ether oxygens (including phenoxy) is 3. The van der Waals surface area contributed by atoms with E-state index in [4.69, 9.17) is 14.2 Å². The van der Waals surface area contributed by atoms with Crippen LogP contribution in [0.4, 0.5) is 10.5 Å². The summed E-state index contributed by atoms with van der Waals surface area (Å²) in [6, 6.07) is 27.6. The van der Waals surface area contributed by atoms with Gasteiger partial charge in [0.05, 0.1) is 30.9 Å². The zero-order chi connectivity index (χ0) is 33.6. The van der Waals surface area contributed by atoms with Crippen molar-refractivity contribution in [3.8, 4) is 0 Å². The molecule has 2 saturated heterocycles. The smallest absolute Gasteiger partial charge is 0.408 e. The second kappa shape index (κ2) is 15.0. The van der Waals surface area contributed by atoms with Crippen LogP contribution in [0.5, 0.6) is 0 Å². The fourth-order valence-electron chi connectivity index (χ4n) is 5.74. The Morgan fingerprint density at radius 2 is 1.75 bits per heavy atom. The number of aromatic nitrogens is 1. The topological polar surface area (TPSA) is 141 Å². The molecule has 0 radical (unpaired) electrons. The Labute approximate surface area is 282 Å². The lowest BCUT2D eigenvalue weighted by Gasteiger charge is -2.41. The van der Waals surface area contributed by atoms with Gasteiger partial charge in [-0.05, 0) is 34.9 Å². The van der Waals surface area contributed by atoms with Crippen molar-refractivity contribution >= 4 is 35.4 Å². The van der Waals surface area contributed by atoms with Crippen LogP contribution in [-0.2, 0) is 37.0 Å². The van der Waals surface area contributed by atoms with Gasteiger partial charge in [0.15, 0.2) is 12.5 Å². The Kier molecular flexibility index (Phi) is 10.4. The third-order valence-electron chi connectivity index (χ3n) is 8.36. The van der Waals surface area contributed by atoms with Crippen LogP contribution in [0.1, 0.15) is 48.0 Å². The lowest BCUT2D eigenvalue weighted by atomic mass is 9.91. The van der Waals surface area contributed by atoms with Gasteiger partial charge in [0.1, 0.15) is 12.6 Å². The second-order valence-electron chi connectivity index (χ2n) is 11.6. The maximum Gasteiger partial charge on any atom is 0.408 e. The van der Waals surface area contributed by atoms with E-state index in [1.807, 2.05) is 61.5 Å². The first-order valence-corrected chi connectivity index (χ1v) is 16.5. The number of benzene rings is 3. The van der Waals surface area contributed by atoms with E-state index in [9.17, 15) is 24.7 Å². The predicted octanol–water partition coefficient (Wildman–Crippen LogP) is 4.95. The molecular formula is C36H35N3O8S. The predicted molar refractivity (Wildman–Crippen MR) is 176 cm³/mol. The molecule has 3 aromatic carbocycles. The largest absolute Gasteiger partial charge is 0.618 e. The molecule has 1 unspecified atom stereocenters. The van der Waals surface area contributed by atoms with Gasteiger partial charge in [0.25, 0.3) is 10.9 Å². The number of rotatable bonds is 10. The van der Waals surface area contributed by atoms with Crippen LogP contribution in [0.2, 0.25) is 0 Å². The van der Waals surface area contributed by atoms with E-state index in [0.29, 0.717) is 22.0 Å². The molecule has 2 aliphatic heterocycles. The van der Waals surface area contributed by atoms with Crippen molar-refractivity contribution in [1.29, 1.82) is 0 Å². The van der Waals surface area contributed by atoms with Crippen LogP contribution < -0.4 is 14.9 Å². The summed E-state index contributed by atoms with van der Waals surface area (Å²) in [7, 11) is 0. The fourth-order valence-corrected chi connectivity index (χ4v) is 6.82. The third kappa shape index (κ3) is 7.52. The molecule has 6 rings (SSSR count). The number of carbonyl (C=O) groups excluding carboxylic acids is 3. The molecule has 11 nitrogen and oxygen atoms in total. The standard InChI is InChI=1S/C36H35N3O8S/c1-23-30(22-48-32-12-5-6-17-38(32)44)46-35(47-33(23)26-15-13-24(20-40)14-16-26)27-10-7-11-28(18-27)39-31(41)19-29(34(39)42)37-36(43)45-21-25-8-3-2-4-9-25/h2-18,23,29-30,33,35,40H,19-22H2,1H3,(H,37,43)/t23-,29?,30+,33+,35+/m0/s1. The zero-order valence-corrected chi connectivity index (χ0v) is 27.0. The molecule has 0 saturated carbocycles. The summed E-state index contributed by atoms with van der Waals surface area (Å²) in [5.74, 6) is -0.682. The molecule has 0 bridgehead atoms. The molecule has 5 atom stereocenters. The highest BCUT2D eigenvalue weighted by Crippen LogP contribution is 2.43. The lowest BCUT2D eigenvalue weighted by molar-refractivity contribution is -0.645. The second-order valence-corrected chi connectivity index (χ2v) is 12.7. The van der Waals surface area contributed by atoms with Crippen LogP contribution in [0.15, 0.2) is 108 Å². The quantitative estimate of drug-likeness (QED) is 0.104. The van der Waals surface area contributed by atoms with Gasteiger partial charge >= 0.3 is 6.09 Å². The first-order valence-electron chi connectivity index (χ1n) is 15.6. The zero-order valence-electron chi connectivity index (χ0n) is 26.1. The maximum absolute atomic E-state index is 13.4. The fraction of sp³-hybridized carbons (Fsp3) is 0.278. The van der Waals surface area contributed by atoms with Crippen molar-refractivity contribution in [2.24, 2.45) is 5.92 Å². The molecule has 2 fully saturated rings. The van der Waals surface area contributed by atoms with Crippen molar-refractivity contribution in [1.82, 2.24) is 5.32 Å². The lowest BCUT2D eigenvalue weighted by Crippen LogP contribution is -2.42. The van der Waals surface area contributed by atoms with Crippen molar-refractivity contribution in [3.05, 3.63) is 131 Å². The number of hydrogen-bond acceptors (Lipinski definition) is 9. The van der Waals surface area contributed by atoms with E-state index in [1.54, 1.807) is 42.5 Å². The van der Waals surface area contributed by atoms with Crippen LogP contribution in [0.25, 0.3) is 0 Å². The van der Waals surface area contributed by atoms with E-state index in [1.165, 1.54) is 18.0 Å². The molecule has 3 amide bonds. The number of hydrogen-bond donors (Lipinski definition) is 2. The number of anilines is 1. The maximum atomic E-state index is 13.4. The van der Waals surface area contributed by atoms with E-state index in [-0.39, 0.29) is 31.7 Å². The number of aliphatic hydroxyl groups is 1. The number of carbonyl (C=O) groups is 3. The number of nitrogens with zero attached hydrogens (tertiary/aromatic N) is 2. The minimum absolute atomic E-state index is 0.0294. The van der Waals surface area contributed by atoms with Gasteiger partial charge < -0.3 is 29.8 Å². The third-order valence-corrected chi connectivity index (χ3v) is 9.47. The highest BCUT2D eigenvalue weighted by atomic mass is 32.2. The first kappa shape index (κ1) is 33.2. The summed E-state index contributed by atoms with van der Waals surface area (Å²) < 4.78 is 19.1. The number of pyridine rings is 1. The van der Waals surface area contributed by atoms with Crippen LogP contribution in [0, 0.1) is 11.1 Å². The molecule has 12 heteroatoms. The molecule has 48 heavy (non-hydrogen) atoms. The first-order chi connectivity index (χ1) is 23.3. The van der Waals surface area contributed by atoms with Crippen LogP contribution >= 0.6 is 11.8 Å². The average Bonchev–Trinajstić information content (AvgIpc) is 3.39. The Balaban J connectivity index is 1.19. The number of aliphatic hydroxyl groups excluding tert-OH is 1. The van der Waals surface area contributed by atoms with Gasteiger partial charge in [0, 0.05) is 29.4 Å². The van der Waals surface area contributed by atoms with E-state index >= 15 is 0 Å². The Morgan fingerprint density at radius 3 is 2.50 bits per heavy atom. The molecule has 248 valence electrons. The van der Waals surface area contributed by atoms with Crippen molar-refractivity contribution in [3.63, 3.8) is 0 Å². The molecule has 1 aromatic heterocycles. The van der Waals surface area contributed by atoms with Gasteiger partial charge in [-0.15, -0.1) is 0 Å². The van der Waals surface area contributed by atoms with Crippen LogP contribution in [0.3, 0.4) is 0 Å². The van der Waals surface area contributed by atoms with Gasteiger partial charge in [-0.3, -0.25) is 9.59 Å². The van der Waals surface area contributed by atoms with Gasteiger partial charge in [-0.2, -0.15) is 4.73 Å². The number of imide groups is 1. The number of amides is 3. The van der Waals surface area contributed by atoms with Crippen LogP contribution in [-0.4, -0.2) is 40.9 Å². The van der Waals surface area contributed by atoms with E-state index in [0.717, 1.165) is 26.3 Å². The highest BCUT2D eigenvalue weighted by Gasteiger charge is 2.42. The van der Waals surface area contributed by atoms with Crippen molar-refractivity contribution in [2.45, 2.75) is 56.1 Å². The highest BCUT2D eigenvalue weighted by molar-refractivity contribution is 7.99. The molecule has 0 spiro atoms. The summed E-state index contributed by atoms with van der Waals surface area (Å²) >= 11 is 1.38. The van der Waals surface area contributed by atoms with Gasteiger partial charge in [-0.1, -0.05) is 85.4 Å². The minimum Gasteiger partial charge on any atom is -0.618 e. The molecule has 2 aliphatic rings. The van der Waals surface area contributed by atoms with Gasteiger partial charge in [-0.25, -0.2) is 9.69 Å². The number of thioether (sulfide) groups is 1. The summed E-state index contributed by atoms with van der Waals surface area (Å²) in [5.41, 5.74) is 3.37. The summed E-state index contributed by atoms with van der Waals surface area (Å²) in [5, 5.41) is 24.9. The molecule has 4 aromatic rings. The Hall–Kier alpha value is -4.75. The molecule has 2 N–H and O–H groups in total. The number of nitrogens with one attached hydrogen (secondary N) is 1. The van der Waals surface area contributed by atoms with E-state index < -0.39 is 36.3 Å². The van der Waals surface area contributed by atoms with Gasteiger partial charge in [0.2, 0.25) is 5.91 Å². The summed E-state index contributed by atoms with van der Waals surface area (Å²) in [6.07, 6.45) is -1.15. The average molecular weight is 670 g/mol. The minimum atomic E-state index is -1.07. The van der Waals surface area contributed by atoms with Crippen molar-refractivity contribution < 1.29 is 38.4 Å². The Morgan fingerprint density at radius 1 is 0.979 bits per heavy atom. The summed E-state index contributed by atoms with van der Waals surface area (Å²) in [4.78, 5) is 40.0. The normalized spacial score (nSPS) is 22.5. The molecule has 0 aliphatic carbocycles. The molecular weight excluding hydrogens is 634 g/mol. The number of alkyl carbamates (subject to hydrolysis) is 1.